The monoisotopic (exact) mass is 485 g/mol. The zero-order chi connectivity index (χ0) is 24.6. The summed E-state index contributed by atoms with van der Waals surface area (Å²) < 4.78 is 6.11. The topological polar surface area (TPSA) is 73.2 Å². The van der Waals surface area contributed by atoms with Crippen LogP contribution in [0.1, 0.15) is 30.4 Å². The van der Waals surface area contributed by atoms with Crippen LogP contribution < -0.4 is 4.74 Å². The molecule has 4 fully saturated rings. The molecule has 2 saturated heterocycles. The third-order valence-electron chi connectivity index (χ3n) is 8.42. The number of hydrogen-bond donors (Lipinski definition) is 3. The second-order valence-electron chi connectivity index (χ2n) is 10.5. The fourth-order valence-electron chi connectivity index (χ4n) is 6.58. The van der Waals surface area contributed by atoms with E-state index in [9.17, 15) is 15.3 Å². The van der Waals surface area contributed by atoms with E-state index >= 15 is 0 Å². The number of piperidine rings is 1. The van der Waals surface area contributed by atoms with Gasteiger partial charge in [0.05, 0.1) is 12.7 Å². The average molecular weight is 486 g/mol. The fourth-order valence-corrected chi connectivity index (χ4v) is 6.58. The number of allylic oxidation sites excluding steroid dienone is 4. The molecule has 3 N–H and O–H groups in total. The van der Waals surface area contributed by atoms with Crippen LogP contribution in [0.4, 0.5) is 0 Å². The maximum absolute atomic E-state index is 10.0. The summed E-state index contributed by atoms with van der Waals surface area (Å²) in [6.45, 7) is 1.89. The predicted molar refractivity (Wildman–Crippen MR) is 141 cm³/mol. The highest BCUT2D eigenvalue weighted by atomic mass is 16.5. The van der Waals surface area contributed by atoms with Crippen molar-refractivity contribution >= 4 is 11.1 Å². The van der Waals surface area contributed by atoms with Crippen LogP contribution in [-0.4, -0.2) is 64.8 Å². The van der Waals surface area contributed by atoms with E-state index < -0.39 is 6.10 Å². The van der Waals surface area contributed by atoms with Gasteiger partial charge in [-0.05, 0) is 77.0 Å². The van der Waals surface area contributed by atoms with Crippen LogP contribution in [0.2, 0.25) is 0 Å². The van der Waals surface area contributed by atoms with Gasteiger partial charge in [-0.1, -0.05) is 60.7 Å². The summed E-state index contributed by atoms with van der Waals surface area (Å²) in [5, 5.41) is 29.3. The van der Waals surface area contributed by atoms with Gasteiger partial charge in [0.15, 0.2) is 0 Å². The largest absolute Gasteiger partial charge is 0.492 e. The minimum absolute atomic E-state index is 0.140. The molecule has 2 aromatic carbocycles. The van der Waals surface area contributed by atoms with Crippen LogP contribution in [0.3, 0.4) is 0 Å². The molecule has 0 aromatic heterocycles. The molecule has 4 unspecified atom stereocenters. The van der Waals surface area contributed by atoms with Crippen LogP contribution in [-0.2, 0) is 0 Å². The first-order valence-corrected chi connectivity index (χ1v) is 13.3. The van der Waals surface area contributed by atoms with Crippen molar-refractivity contribution in [2.75, 3.05) is 26.4 Å². The first-order chi connectivity index (χ1) is 17.7. The summed E-state index contributed by atoms with van der Waals surface area (Å²) in [6, 6.07) is 19.7. The van der Waals surface area contributed by atoms with Crippen molar-refractivity contribution in [2.45, 2.75) is 37.5 Å². The first-order valence-electron chi connectivity index (χ1n) is 13.3. The molecule has 5 nitrogen and oxygen atoms in total. The molecule has 2 aromatic rings. The molecule has 7 rings (SSSR count). The van der Waals surface area contributed by atoms with Crippen molar-refractivity contribution in [3.63, 3.8) is 0 Å². The van der Waals surface area contributed by atoms with Crippen molar-refractivity contribution in [3.8, 4) is 5.75 Å². The Balaban J connectivity index is 1.23. The van der Waals surface area contributed by atoms with Crippen LogP contribution in [0, 0.1) is 17.8 Å². The summed E-state index contributed by atoms with van der Waals surface area (Å²) in [4.78, 5) is 2.46. The van der Waals surface area contributed by atoms with Crippen LogP contribution in [0.5, 0.6) is 5.75 Å². The van der Waals surface area contributed by atoms with Gasteiger partial charge in [-0.25, -0.2) is 0 Å². The number of rotatable bonds is 11. The second-order valence-corrected chi connectivity index (χ2v) is 10.5. The van der Waals surface area contributed by atoms with Gasteiger partial charge in [-0.3, -0.25) is 4.90 Å². The number of benzene rings is 2. The highest BCUT2D eigenvalue weighted by molar-refractivity contribution is 5.99. The number of nitrogens with zero attached hydrogens (tertiary/aromatic N) is 1. The van der Waals surface area contributed by atoms with E-state index in [-0.39, 0.29) is 13.2 Å². The third kappa shape index (κ3) is 4.35. The molecule has 5 heteroatoms. The van der Waals surface area contributed by atoms with E-state index in [2.05, 4.69) is 35.2 Å². The number of ether oxygens (including phenoxy) is 1. The molecule has 3 aliphatic carbocycles. The van der Waals surface area contributed by atoms with Gasteiger partial charge in [-0.2, -0.15) is 0 Å². The molecule has 0 radical (unpaired) electrons. The van der Waals surface area contributed by atoms with Crippen molar-refractivity contribution in [1.29, 1.82) is 0 Å². The lowest BCUT2D eigenvalue weighted by Gasteiger charge is -2.22. The van der Waals surface area contributed by atoms with E-state index in [1.807, 2.05) is 42.5 Å². The highest BCUT2D eigenvalue weighted by Crippen LogP contribution is 2.77. The van der Waals surface area contributed by atoms with E-state index in [4.69, 9.17) is 4.74 Å². The molecule has 5 aliphatic rings. The Hall–Kier alpha value is -2.70. The standard InChI is InChI=1S/C31H35NO4/c33-17-4-7-25(20-5-2-1-3-6-20)27(21-8-12-23(35)13-9-21)22-10-14-24(15-11-22)36-18-16-32-26(19-34)28-29-30(28)31(29)32/h1-3,5-6,8-12,14-15,23,26,28-31,33-35H,4,7,13,16-19H2/b27-25-/t23?,26-,28?,29-,30?,31?/m1/s1. The number of aliphatic hydroxyl groups is 3. The Kier molecular flexibility index (Phi) is 6.57. The van der Waals surface area contributed by atoms with E-state index in [1.54, 1.807) is 0 Å². The summed E-state index contributed by atoms with van der Waals surface area (Å²) in [5.74, 6) is 3.32. The molecule has 0 spiro atoms. The SMILES string of the molecule is OCCC/C(=C(\C1=CCC(O)C=C1)c1ccc(OCCN2C3C4C([C@H]43)[C@H]2CO)cc1)c1ccccc1. The second kappa shape index (κ2) is 9.98. The number of hydrogen-bond acceptors (Lipinski definition) is 5. The van der Waals surface area contributed by atoms with Gasteiger partial charge in [0.2, 0.25) is 0 Å². The van der Waals surface area contributed by atoms with Gasteiger partial charge in [0, 0.05) is 25.2 Å². The van der Waals surface area contributed by atoms with Crippen LogP contribution in [0.15, 0.2) is 78.4 Å². The van der Waals surface area contributed by atoms with Crippen LogP contribution in [0.25, 0.3) is 11.1 Å². The molecular weight excluding hydrogens is 450 g/mol. The predicted octanol–water partition coefficient (Wildman–Crippen LogP) is 3.92. The maximum Gasteiger partial charge on any atom is 0.119 e. The lowest BCUT2D eigenvalue weighted by atomic mass is 9.85. The fraction of sp³-hybridized carbons (Fsp3) is 0.419. The molecule has 6 atom stereocenters. The van der Waals surface area contributed by atoms with Gasteiger partial charge in [-0.15, -0.1) is 0 Å². The average Bonchev–Trinajstić information content (AvgIpc) is 3.77. The molecule has 36 heavy (non-hydrogen) atoms. The summed E-state index contributed by atoms with van der Waals surface area (Å²) >= 11 is 0. The highest BCUT2D eigenvalue weighted by Gasteiger charge is 2.83. The molecule has 2 bridgehead atoms. The Morgan fingerprint density at radius 1 is 0.944 bits per heavy atom. The number of aliphatic hydroxyl groups excluding tert-OH is 3. The van der Waals surface area contributed by atoms with Gasteiger partial charge < -0.3 is 20.1 Å². The summed E-state index contributed by atoms with van der Waals surface area (Å²) in [7, 11) is 0. The van der Waals surface area contributed by atoms with Crippen molar-refractivity contribution < 1.29 is 20.1 Å². The Morgan fingerprint density at radius 2 is 1.72 bits per heavy atom. The minimum atomic E-state index is -0.447. The van der Waals surface area contributed by atoms with Crippen molar-refractivity contribution in [1.82, 2.24) is 4.90 Å². The van der Waals surface area contributed by atoms with Gasteiger partial charge in [0.25, 0.3) is 0 Å². The van der Waals surface area contributed by atoms with E-state index in [1.165, 1.54) is 5.57 Å². The molecule has 2 heterocycles. The molecule has 2 saturated carbocycles. The molecular formula is C31H35NO4. The Morgan fingerprint density at radius 3 is 2.39 bits per heavy atom. The summed E-state index contributed by atoms with van der Waals surface area (Å²) in [6.07, 6.45) is 7.55. The zero-order valence-corrected chi connectivity index (χ0v) is 20.5. The lowest BCUT2D eigenvalue weighted by molar-refractivity contribution is 0.136. The van der Waals surface area contributed by atoms with Crippen molar-refractivity contribution in [3.05, 3.63) is 89.5 Å². The summed E-state index contributed by atoms with van der Waals surface area (Å²) in [5.41, 5.74) is 5.66. The smallest absolute Gasteiger partial charge is 0.119 e. The maximum atomic E-state index is 10.0. The zero-order valence-electron chi connectivity index (χ0n) is 20.5. The number of fused-ring (bicyclic) bond motifs is 1. The van der Waals surface area contributed by atoms with E-state index in [0.717, 1.165) is 58.7 Å². The first kappa shape index (κ1) is 23.7. The normalized spacial score (nSPS) is 30.5. The Bertz CT molecular complexity index is 1160. The minimum Gasteiger partial charge on any atom is -0.492 e. The lowest BCUT2D eigenvalue weighted by Crippen LogP contribution is -2.36. The Labute approximate surface area is 213 Å². The van der Waals surface area contributed by atoms with Gasteiger partial charge in [0.1, 0.15) is 12.4 Å². The quantitative estimate of drug-likeness (QED) is 0.421. The van der Waals surface area contributed by atoms with Crippen LogP contribution >= 0.6 is 0 Å². The molecule has 2 aliphatic heterocycles. The third-order valence-corrected chi connectivity index (χ3v) is 8.42. The molecule has 188 valence electrons. The van der Waals surface area contributed by atoms with E-state index in [0.29, 0.717) is 31.5 Å². The van der Waals surface area contributed by atoms with Gasteiger partial charge >= 0.3 is 0 Å². The molecule has 0 amide bonds. The van der Waals surface area contributed by atoms with Crippen molar-refractivity contribution in [2.24, 2.45) is 17.8 Å².